The first kappa shape index (κ1) is 13.8. The fourth-order valence-corrected chi connectivity index (χ4v) is 2.67. The summed E-state index contributed by atoms with van der Waals surface area (Å²) in [5.74, 6) is 0. The van der Waals surface area contributed by atoms with Crippen LogP contribution in [0, 0.1) is 17.0 Å². The van der Waals surface area contributed by atoms with E-state index in [0.29, 0.717) is 17.8 Å². The van der Waals surface area contributed by atoms with Crippen molar-refractivity contribution in [3.63, 3.8) is 0 Å². The van der Waals surface area contributed by atoms with Gasteiger partial charge in [0.15, 0.2) is 0 Å². The Labute approximate surface area is 113 Å². The first-order valence-electron chi connectivity index (χ1n) is 6.79. The minimum atomic E-state index is -0.318. The van der Waals surface area contributed by atoms with Gasteiger partial charge in [0.05, 0.1) is 4.92 Å². The molecule has 0 radical (unpaired) electrons. The lowest BCUT2D eigenvalue weighted by atomic mass is 9.91. The Hall–Kier alpha value is -1.62. The lowest BCUT2D eigenvalue weighted by molar-refractivity contribution is -0.384. The molecule has 2 N–H and O–H groups in total. The van der Waals surface area contributed by atoms with Crippen molar-refractivity contribution in [1.82, 2.24) is 5.32 Å². The Kier molecular flexibility index (Phi) is 4.37. The molecule has 0 saturated heterocycles. The van der Waals surface area contributed by atoms with E-state index in [-0.39, 0.29) is 10.6 Å². The average molecular weight is 263 g/mol. The lowest BCUT2D eigenvalue weighted by Gasteiger charge is -2.29. The second-order valence-corrected chi connectivity index (χ2v) is 5.26. The Morgan fingerprint density at radius 3 is 2.42 bits per heavy atom. The first-order chi connectivity index (χ1) is 9.10. The van der Waals surface area contributed by atoms with Crippen LogP contribution in [-0.2, 0) is 0 Å². The van der Waals surface area contributed by atoms with Crippen molar-refractivity contribution >= 4 is 11.4 Å². The molecule has 0 aliphatic heterocycles. The van der Waals surface area contributed by atoms with Crippen LogP contribution in [0.1, 0.15) is 31.2 Å². The summed E-state index contributed by atoms with van der Waals surface area (Å²) in [6.07, 6.45) is 4.34. The number of rotatable bonds is 4. The monoisotopic (exact) mass is 263 g/mol. The maximum atomic E-state index is 11.0. The summed E-state index contributed by atoms with van der Waals surface area (Å²) in [7, 11) is 1.99. The highest BCUT2D eigenvalue weighted by Gasteiger charge is 2.22. The van der Waals surface area contributed by atoms with Gasteiger partial charge in [-0.25, -0.2) is 0 Å². The number of aryl methyl sites for hydroxylation is 1. The van der Waals surface area contributed by atoms with E-state index in [1.807, 2.05) is 20.0 Å². The van der Waals surface area contributed by atoms with Gasteiger partial charge >= 0.3 is 0 Å². The van der Waals surface area contributed by atoms with Gasteiger partial charge in [-0.3, -0.25) is 10.1 Å². The molecule has 104 valence electrons. The molecule has 5 heteroatoms. The summed E-state index contributed by atoms with van der Waals surface area (Å²) in [6.45, 7) is 1.95. The molecule has 0 amide bonds. The Bertz CT molecular complexity index is 454. The smallest absolute Gasteiger partial charge is 0.292 e. The molecule has 1 aliphatic carbocycles. The zero-order valence-corrected chi connectivity index (χ0v) is 11.5. The molecule has 0 atom stereocenters. The van der Waals surface area contributed by atoms with E-state index >= 15 is 0 Å². The molecule has 0 bridgehead atoms. The van der Waals surface area contributed by atoms with Gasteiger partial charge in [-0.15, -0.1) is 0 Å². The molecule has 1 fully saturated rings. The number of nitrogens with one attached hydrogen (secondary N) is 2. The van der Waals surface area contributed by atoms with Crippen molar-refractivity contribution in [1.29, 1.82) is 0 Å². The van der Waals surface area contributed by atoms with Crippen LogP contribution < -0.4 is 10.6 Å². The predicted molar refractivity (Wildman–Crippen MR) is 76.6 cm³/mol. The van der Waals surface area contributed by atoms with E-state index in [9.17, 15) is 10.1 Å². The summed E-state index contributed by atoms with van der Waals surface area (Å²) < 4.78 is 0. The molecule has 0 heterocycles. The van der Waals surface area contributed by atoms with Crippen molar-refractivity contribution in [2.75, 3.05) is 12.4 Å². The maximum absolute atomic E-state index is 11.0. The SMILES string of the molecule is CNC1CCC(Nc2cc(C)ccc2[N+](=O)[O-])CC1. The first-order valence-corrected chi connectivity index (χ1v) is 6.79. The standard InChI is InChI=1S/C14H21N3O2/c1-10-3-8-14(17(18)19)13(9-10)16-12-6-4-11(15-2)5-7-12/h3,8-9,11-12,15-16H,4-7H2,1-2H3. The molecule has 2 rings (SSSR count). The zero-order chi connectivity index (χ0) is 13.8. The number of nitro benzene ring substituents is 1. The second kappa shape index (κ2) is 6.02. The molecule has 0 aromatic heterocycles. The second-order valence-electron chi connectivity index (χ2n) is 5.26. The summed E-state index contributed by atoms with van der Waals surface area (Å²) in [4.78, 5) is 10.7. The van der Waals surface area contributed by atoms with Gasteiger partial charge < -0.3 is 10.6 Å². The molecular weight excluding hydrogens is 242 g/mol. The van der Waals surface area contributed by atoms with Crippen molar-refractivity contribution in [2.24, 2.45) is 0 Å². The van der Waals surface area contributed by atoms with Crippen LogP contribution in [-0.4, -0.2) is 24.1 Å². The maximum Gasteiger partial charge on any atom is 0.292 e. The highest BCUT2D eigenvalue weighted by Crippen LogP contribution is 2.29. The third-order valence-corrected chi connectivity index (χ3v) is 3.84. The Morgan fingerprint density at radius 1 is 1.21 bits per heavy atom. The van der Waals surface area contributed by atoms with Crippen LogP contribution in [0.3, 0.4) is 0 Å². The van der Waals surface area contributed by atoms with Gasteiger partial charge in [0.1, 0.15) is 5.69 Å². The van der Waals surface area contributed by atoms with Crippen LogP contribution in [0.15, 0.2) is 18.2 Å². The topological polar surface area (TPSA) is 67.2 Å². The Morgan fingerprint density at radius 2 is 1.84 bits per heavy atom. The summed E-state index contributed by atoms with van der Waals surface area (Å²) in [6, 6.07) is 6.15. The van der Waals surface area contributed by atoms with E-state index in [2.05, 4.69) is 10.6 Å². The van der Waals surface area contributed by atoms with Crippen LogP contribution in [0.5, 0.6) is 0 Å². The zero-order valence-electron chi connectivity index (χ0n) is 11.5. The summed E-state index contributed by atoms with van der Waals surface area (Å²) in [5.41, 5.74) is 1.86. The third kappa shape index (κ3) is 3.44. The minimum absolute atomic E-state index is 0.168. The molecule has 19 heavy (non-hydrogen) atoms. The largest absolute Gasteiger partial charge is 0.377 e. The van der Waals surface area contributed by atoms with E-state index in [1.165, 1.54) is 0 Å². The molecule has 1 aromatic carbocycles. The molecule has 1 aromatic rings. The predicted octanol–water partition coefficient (Wildman–Crippen LogP) is 2.85. The van der Waals surface area contributed by atoms with Crippen LogP contribution in [0.2, 0.25) is 0 Å². The molecular formula is C14H21N3O2. The number of nitro groups is 1. The number of hydrogen-bond donors (Lipinski definition) is 2. The van der Waals surface area contributed by atoms with Gasteiger partial charge in [0.2, 0.25) is 0 Å². The van der Waals surface area contributed by atoms with E-state index in [4.69, 9.17) is 0 Å². The van der Waals surface area contributed by atoms with Crippen molar-refractivity contribution in [3.05, 3.63) is 33.9 Å². The van der Waals surface area contributed by atoms with Gasteiger partial charge in [-0.05, 0) is 51.3 Å². The molecule has 5 nitrogen and oxygen atoms in total. The van der Waals surface area contributed by atoms with E-state index in [0.717, 1.165) is 31.2 Å². The van der Waals surface area contributed by atoms with Gasteiger partial charge in [0, 0.05) is 18.2 Å². The average Bonchev–Trinajstić information content (AvgIpc) is 2.39. The van der Waals surface area contributed by atoms with Crippen LogP contribution >= 0.6 is 0 Å². The summed E-state index contributed by atoms with van der Waals surface area (Å²) in [5, 5.41) is 17.7. The van der Waals surface area contributed by atoms with Gasteiger partial charge in [-0.2, -0.15) is 0 Å². The van der Waals surface area contributed by atoms with Crippen LogP contribution in [0.25, 0.3) is 0 Å². The van der Waals surface area contributed by atoms with Gasteiger partial charge in [-0.1, -0.05) is 6.07 Å². The van der Waals surface area contributed by atoms with Crippen molar-refractivity contribution in [3.8, 4) is 0 Å². The highest BCUT2D eigenvalue weighted by molar-refractivity contribution is 5.63. The number of nitrogens with zero attached hydrogens (tertiary/aromatic N) is 1. The van der Waals surface area contributed by atoms with Gasteiger partial charge in [0.25, 0.3) is 5.69 Å². The summed E-state index contributed by atoms with van der Waals surface area (Å²) >= 11 is 0. The number of anilines is 1. The van der Waals surface area contributed by atoms with Crippen molar-refractivity contribution < 1.29 is 4.92 Å². The number of benzene rings is 1. The van der Waals surface area contributed by atoms with E-state index in [1.54, 1.807) is 12.1 Å². The molecule has 0 unspecified atom stereocenters. The fourth-order valence-electron chi connectivity index (χ4n) is 2.67. The Balaban J connectivity index is 2.06. The third-order valence-electron chi connectivity index (χ3n) is 3.84. The van der Waals surface area contributed by atoms with Crippen molar-refractivity contribution in [2.45, 2.75) is 44.7 Å². The molecule has 1 saturated carbocycles. The molecule has 0 spiro atoms. The lowest BCUT2D eigenvalue weighted by Crippen LogP contribution is -2.35. The normalized spacial score (nSPS) is 23.1. The quantitative estimate of drug-likeness (QED) is 0.647. The highest BCUT2D eigenvalue weighted by atomic mass is 16.6. The molecule has 1 aliphatic rings. The minimum Gasteiger partial charge on any atom is -0.377 e. The van der Waals surface area contributed by atoms with Crippen LogP contribution in [0.4, 0.5) is 11.4 Å². The number of hydrogen-bond acceptors (Lipinski definition) is 4. The van der Waals surface area contributed by atoms with E-state index < -0.39 is 0 Å². The fraction of sp³-hybridized carbons (Fsp3) is 0.571.